The minimum absolute atomic E-state index is 0.158. The number of benzene rings is 2. The van der Waals surface area contributed by atoms with Gasteiger partial charge in [0.15, 0.2) is 0 Å². The molecule has 0 radical (unpaired) electrons. The zero-order valence-corrected chi connectivity index (χ0v) is 13.7. The van der Waals surface area contributed by atoms with Crippen molar-refractivity contribution in [1.29, 1.82) is 0 Å². The minimum atomic E-state index is -1.57. The molecule has 0 amide bonds. The van der Waals surface area contributed by atoms with Crippen molar-refractivity contribution in [2.75, 3.05) is 0 Å². The van der Waals surface area contributed by atoms with Gasteiger partial charge in [-0.3, -0.25) is 9.59 Å². The van der Waals surface area contributed by atoms with Crippen LogP contribution in [0.1, 0.15) is 29.9 Å². The van der Waals surface area contributed by atoms with E-state index >= 15 is 0 Å². The molecular weight excluding hydrogens is 318 g/mol. The fraction of sp³-hybridized carbons (Fsp3) is 0.300. The lowest BCUT2D eigenvalue weighted by molar-refractivity contribution is -0.145. The number of carboxylic acids is 2. The Balaban J connectivity index is 1.96. The van der Waals surface area contributed by atoms with Gasteiger partial charge < -0.3 is 15.9 Å². The molecule has 0 bridgehead atoms. The summed E-state index contributed by atoms with van der Waals surface area (Å²) in [6.07, 6.45) is 0.471. The van der Waals surface area contributed by atoms with Gasteiger partial charge in [0.2, 0.25) is 0 Å². The molecule has 3 atom stereocenters. The highest BCUT2D eigenvalue weighted by atomic mass is 16.4. The highest BCUT2D eigenvalue weighted by molar-refractivity contribution is 5.83. The van der Waals surface area contributed by atoms with Crippen molar-refractivity contribution in [3.8, 4) is 0 Å². The summed E-state index contributed by atoms with van der Waals surface area (Å²) in [5.74, 6) is -3.54. The summed E-state index contributed by atoms with van der Waals surface area (Å²) in [6.45, 7) is 0. The number of hydrogen-bond acceptors (Lipinski definition) is 3. The molecule has 4 N–H and O–H groups in total. The summed E-state index contributed by atoms with van der Waals surface area (Å²) in [4.78, 5) is 23.2. The fourth-order valence-electron chi connectivity index (χ4n) is 3.57. The first kappa shape index (κ1) is 17.2. The summed E-state index contributed by atoms with van der Waals surface area (Å²) < 4.78 is 0. The maximum absolute atomic E-state index is 12.0. The first-order valence-electron chi connectivity index (χ1n) is 8.28. The molecule has 3 rings (SSSR count). The van der Waals surface area contributed by atoms with Gasteiger partial charge in [-0.25, -0.2) is 0 Å². The predicted octanol–water partition coefficient (Wildman–Crippen LogP) is 2.71. The van der Waals surface area contributed by atoms with E-state index in [0.717, 1.165) is 11.1 Å². The molecular formula is C20H21NO4. The molecule has 0 heterocycles. The minimum Gasteiger partial charge on any atom is -0.481 e. The Labute approximate surface area is 146 Å². The number of aliphatic carboxylic acids is 2. The second-order valence-electron chi connectivity index (χ2n) is 6.71. The Morgan fingerprint density at radius 1 is 1.00 bits per heavy atom. The van der Waals surface area contributed by atoms with E-state index < -0.39 is 29.3 Å². The lowest BCUT2D eigenvalue weighted by Gasteiger charge is -2.30. The van der Waals surface area contributed by atoms with Crippen LogP contribution in [0, 0.1) is 11.8 Å². The summed E-state index contributed by atoms with van der Waals surface area (Å²) in [6, 6.07) is 19.2. The third-order valence-corrected chi connectivity index (χ3v) is 5.11. The maximum Gasteiger partial charge on any atom is 0.324 e. The molecule has 5 heteroatoms. The largest absolute Gasteiger partial charge is 0.481 e. The molecule has 2 aromatic carbocycles. The van der Waals surface area contributed by atoms with Crippen LogP contribution in [-0.2, 0) is 9.59 Å². The standard InChI is InChI=1S/C20H21NO4/c21-20(19(24)25,17-11-15(17)18(22)23)12-16(13-7-3-1-4-8-13)14-9-5-2-6-10-14/h1-10,15-17H,11-12,21H2,(H,22,23)(H,24,25)/t15-,17-,20?/m0/s1. The summed E-state index contributed by atoms with van der Waals surface area (Å²) in [7, 11) is 0. The average Bonchev–Trinajstić information content (AvgIpc) is 3.42. The van der Waals surface area contributed by atoms with E-state index in [1.54, 1.807) is 0 Å². The predicted molar refractivity (Wildman–Crippen MR) is 93.1 cm³/mol. The van der Waals surface area contributed by atoms with Crippen LogP contribution in [0.15, 0.2) is 60.7 Å². The number of carboxylic acid groups (broad SMARTS) is 2. The quantitative estimate of drug-likeness (QED) is 0.720. The molecule has 25 heavy (non-hydrogen) atoms. The Hall–Kier alpha value is -2.66. The molecule has 1 fully saturated rings. The summed E-state index contributed by atoms with van der Waals surface area (Å²) in [5, 5.41) is 19.0. The van der Waals surface area contributed by atoms with Gasteiger partial charge in [-0.05, 0) is 24.0 Å². The van der Waals surface area contributed by atoms with Crippen molar-refractivity contribution in [3.05, 3.63) is 71.8 Å². The van der Waals surface area contributed by atoms with Crippen molar-refractivity contribution >= 4 is 11.9 Å². The first-order chi connectivity index (χ1) is 11.9. The Bertz CT molecular complexity index is 722. The highest BCUT2D eigenvalue weighted by Crippen LogP contribution is 2.49. The number of nitrogens with two attached hydrogens (primary N) is 1. The molecule has 2 aromatic rings. The van der Waals surface area contributed by atoms with Gasteiger partial charge in [0, 0.05) is 11.8 Å². The smallest absolute Gasteiger partial charge is 0.324 e. The molecule has 0 aromatic heterocycles. The first-order valence-corrected chi connectivity index (χ1v) is 8.28. The van der Waals surface area contributed by atoms with Gasteiger partial charge in [-0.2, -0.15) is 0 Å². The number of carbonyl (C=O) groups is 2. The molecule has 1 unspecified atom stereocenters. The Kier molecular flexibility index (Phi) is 4.59. The molecule has 1 saturated carbocycles. The van der Waals surface area contributed by atoms with E-state index in [4.69, 9.17) is 5.73 Å². The fourth-order valence-corrected chi connectivity index (χ4v) is 3.57. The van der Waals surface area contributed by atoms with Crippen LogP contribution in [0.4, 0.5) is 0 Å². The van der Waals surface area contributed by atoms with E-state index in [-0.39, 0.29) is 12.3 Å². The van der Waals surface area contributed by atoms with E-state index in [2.05, 4.69) is 0 Å². The molecule has 1 aliphatic rings. The third-order valence-electron chi connectivity index (χ3n) is 5.11. The van der Waals surface area contributed by atoms with Gasteiger partial charge in [-0.1, -0.05) is 60.7 Å². The van der Waals surface area contributed by atoms with Crippen molar-refractivity contribution < 1.29 is 19.8 Å². The van der Waals surface area contributed by atoms with E-state index in [1.165, 1.54) is 0 Å². The van der Waals surface area contributed by atoms with Gasteiger partial charge in [0.05, 0.1) is 5.92 Å². The van der Waals surface area contributed by atoms with Gasteiger partial charge >= 0.3 is 11.9 Å². The third kappa shape index (κ3) is 3.42. The number of hydrogen-bond donors (Lipinski definition) is 3. The van der Waals surface area contributed by atoms with Crippen LogP contribution in [-0.4, -0.2) is 27.7 Å². The average molecular weight is 339 g/mol. The van der Waals surface area contributed by atoms with Crippen LogP contribution >= 0.6 is 0 Å². The topological polar surface area (TPSA) is 101 Å². The van der Waals surface area contributed by atoms with Crippen LogP contribution in [0.25, 0.3) is 0 Å². The van der Waals surface area contributed by atoms with Crippen molar-refractivity contribution in [2.24, 2.45) is 17.6 Å². The van der Waals surface area contributed by atoms with Crippen molar-refractivity contribution in [3.63, 3.8) is 0 Å². The maximum atomic E-state index is 12.0. The zero-order valence-electron chi connectivity index (χ0n) is 13.7. The van der Waals surface area contributed by atoms with Crippen LogP contribution in [0.3, 0.4) is 0 Å². The monoisotopic (exact) mass is 339 g/mol. The van der Waals surface area contributed by atoms with Crippen LogP contribution < -0.4 is 5.73 Å². The second kappa shape index (κ2) is 6.69. The van der Waals surface area contributed by atoms with Gasteiger partial charge in [-0.15, -0.1) is 0 Å². The molecule has 1 aliphatic carbocycles. The SMILES string of the molecule is NC(CC(c1ccccc1)c1ccccc1)(C(=O)O)[C@H]1C[C@@H]1C(=O)O. The molecule has 130 valence electrons. The lowest BCUT2D eigenvalue weighted by Crippen LogP contribution is -2.52. The zero-order chi connectivity index (χ0) is 18.0. The lowest BCUT2D eigenvalue weighted by atomic mass is 9.77. The van der Waals surface area contributed by atoms with Gasteiger partial charge in [0.1, 0.15) is 5.54 Å². The normalized spacial score (nSPS) is 21.5. The van der Waals surface area contributed by atoms with E-state index in [9.17, 15) is 19.8 Å². The molecule has 0 spiro atoms. The molecule has 0 saturated heterocycles. The highest BCUT2D eigenvalue weighted by Gasteiger charge is 2.58. The van der Waals surface area contributed by atoms with Crippen LogP contribution in [0.2, 0.25) is 0 Å². The van der Waals surface area contributed by atoms with Crippen molar-refractivity contribution in [1.82, 2.24) is 0 Å². The van der Waals surface area contributed by atoms with E-state index in [1.807, 2.05) is 60.7 Å². The molecule has 5 nitrogen and oxygen atoms in total. The summed E-state index contributed by atoms with van der Waals surface area (Å²) in [5.41, 5.74) is 6.66. The Morgan fingerprint density at radius 3 is 1.84 bits per heavy atom. The number of rotatable bonds is 7. The molecule has 0 aliphatic heterocycles. The van der Waals surface area contributed by atoms with Gasteiger partial charge in [0.25, 0.3) is 0 Å². The Morgan fingerprint density at radius 2 is 1.48 bits per heavy atom. The van der Waals surface area contributed by atoms with Crippen LogP contribution in [0.5, 0.6) is 0 Å². The second-order valence-corrected chi connectivity index (χ2v) is 6.71. The summed E-state index contributed by atoms with van der Waals surface area (Å²) >= 11 is 0. The van der Waals surface area contributed by atoms with E-state index in [0.29, 0.717) is 6.42 Å². The van der Waals surface area contributed by atoms with Crippen molar-refractivity contribution in [2.45, 2.75) is 24.3 Å².